The molecule has 1 aromatic heterocycles. The number of aromatic amines is 1. The summed E-state index contributed by atoms with van der Waals surface area (Å²) in [5, 5.41) is 29.4. The van der Waals surface area contributed by atoms with E-state index >= 15 is 0 Å². The third-order valence-electron chi connectivity index (χ3n) is 1.78. The molecule has 2 N–H and O–H groups in total. The standard InChI is InChI=1S/C8H7N3O4.Ag/c12-6(13)3-15-5-2-1-4-7(8(5)14)10-11-9-4;/h1-2,14H,3H2,(H,12,13)(H,9,10,11);/q;+1/p-1. The Hall–Kier alpha value is -1.57. The number of aromatic nitrogens is 3. The summed E-state index contributed by atoms with van der Waals surface area (Å²) in [7, 11) is 0. The number of carboxylic acid groups (broad SMARTS) is 1. The van der Waals surface area contributed by atoms with Crippen LogP contribution in [0.4, 0.5) is 0 Å². The molecule has 88 valence electrons. The van der Waals surface area contributed by atoms with E-state index in [1.54, 1.807) is 6.07 Å². The first-order chi connectivity index (χ1) is 7.18. The predicted molar refractivity (Wildman–Crippen MR) is 46.1 cm³/mol. The zero-order valence-corrected chi connectivity index (χ0v) is 9.21. The zero-order valence-electron chi connectivity index (χ0n) is 7.73. The van der Waals surface area contributed by atoms with Crippen LogP contribution < -0.4 is 9.84 Å². The molecule has 0 radical (unpaired) electrons. The van der Waals surface area contributed by atoms with Crippen molar-refractivity contribution < 1.29 is 42.1 Å². The van der Waals surface area contributed by atoms with Crippen molar-refractivity contribution >= 4 is 17.0 Å². The fraction of sp³-hybridized carbons (Fsp3) is 0.125. The second-order valence-corrected chi connectivity index (χ2v) is 2.78. The number of carboxylic acids is 1. The molecule has 0 spiro atoms. The molecule has 8 heteroatoms. The van der Waals surface area contributed by atoms with Gasteiger partial charge in [0.2, 0.25) is 0 Å². The van der Waals surface area contributed by atoms with E-state index < -0.39 is 12.6 Å². The smallest absolute Gasteiger partial charge is 0.546 e. The summed E-state index contributed by atoms with van der Waals surface area (Å²) in [6.07, 6.45) is 0. The summed E-state index contributed by atoms with van der Waals surface area (Å²) >= 11 is 0. The van der Waals surface area contributed by atoms with Crippen LogP contribution in [-0.2, 0) is 27.2 Å². The zero-order chi connectivity index (χ0) is 10.8. The SMILES string of the molecule is O=C([O-])COc1ccc2[nH]nnc2c1O.[Ag+]. The molecule has 0 aliphatic carbocycles. The molecule has 0 unspecified atom stereocenters. The van der Waals surface area contributed by atoms with Gasteiger partial charge in [0.15, 0.2) is 17.0 Å². The monoisotopic (exact) mass is 315 g/mol. The first kappa shape index (κ1) is 12.5. The number of carbonyl (C=O) groups is 1. The van der Waals surface area contributed by atoms with E-state index in [1.807, 2.05) is 0 Å². The Kier molecular flexibility index (Phi) is 3.88. The van der Waals surface area contributed by atoms with Gasteiger partial charge in [0.05, 0.1) is 11.5 Å². The van der Waals surface area contributed by atoms with E-state index in [0.717, 1.165) is 0 Å². The first-order valence-corrected chi connectivity index (χ1v) is 4.04. The van der Waals surface area contributed by atoms with Crippen molar-refractivity contribution in [3.8, 4) is 11.5 Å². The number of nitrogens with one attached hydrogen (secondary N) is 1. The average Bonchev–Trinajstić information content (AvgIpc) is 2.65. The first-order valence-electron chi connectivity index (χ1n) is 4.04. The van der Waals surface area contributed by atoms with Crippen LogP contribution in [0.15, 0.2) is 12.1 Å². The summed E-state index contributed by atoms with van der Waals surface area (Å²) in [5.74, 6) is -1.59. The molecule has 1 aromatic carbocycles. The quantitative estimate of drug-likeness (QED) is 0.687. The van der Waals surface area contributed by atoms with E-state index in [2.05, 4.69) is 15.4 Å². The molecule has 0 aliphatic heterocycles. The van der Waals surface area contributed by atoms with Crippen LogP contribution in [0, 0.1) is 0 Å². The summed E-state index contributed by atoms with van der Waals surface area (Å²) < 4.78 is 4.78. The summed E-state index contributed by atoms with van der Waals surface area (Å²) in [6.45, 7) is -0.628. The van der Waals surface area contributed by atoms with Crippen LogP contribution in [0.2, 0.25) is 0 Å². The second-order valence-electron chi connectivity index (χ2n) is 2.78. The van der Waals surface area contributed by atoms with Gasteiger partial charge in [0.1, 0.15) is 6.61 Å². The number of ether oxygens (including phenoxy) is 1. The van der Waals surface area contributed by atoms with Gasteiger partial charge in [-0.25, -0.2) is 0 Å². The molecule has 0 saturated heterocycles. The van der Waals surface area contributed by atoms with Gasteiger partial charge < -0.3 is 19.7 Å². The molecule has 0 fully saturated rings. The molecule has 16 heavy (non-hydrogen) atoms. The third-order valence-corrected chi connectivity index (χ3v) is 1.78. The van der Waals surface area contributed by atoms with Gasteiger partial charge in [-0.05, 0) is 12.1 Å². The van der Waals surface area contributed by atoms with Crippen molar-refractivity contribution in [2.45, 2.75) is 0 Å². The maximum Gasteiger partial charge on any atom is 1.00 e. The second kappa shape index (κ2) is 4.97. The molecule has 7 nitrogen and oxygen atoms in total. The average molecular weight is 316 g/mol. The van der Waals surface area contributed by atoms with Gasteiger partial charge in [-0.15, -0.1) is 5.10 Å². The third kappa shape index (κ3) is 2.32. The van der Waals surface area contributed by atoms with Crippen molar-refractivity contribution in [3.63, 3.8) is 0 Å². The van der Waals surface area contributed by atoms with Gasteiger partial charge >= 0.3 is 22.4 Å². The van der Waals surface area contributed by atoms with Crippen molar-refractivity contribution in [1.29, 1.82) is 0 Å². The maximum absolute atomic E-state index is 10.1. The minimum absolute atomic E-state index is 0. The van der Waals surface area contributed by atoms with Crippen molar-refractivity contribution in [1.82, 2.24) is 15.4 Å². The normalized spacial score (nSPS) is 9.75. The molecule has 1 heterocycles. The maximum atomic E-state index is 10.1. The minimum Gasteiger partial charge on any atom is -0.546 e. The Morgan fingerprint density at radius 2 is 2.31 bits per heavy atom. The Balaban J connectivity index is 0.00000128. The summed E-state index contributed by atoms with van der Waals surface area (Å²) in [4.78, 5) is 10.1. The van der Waals surface area contributed by atoms with Crippen LogP contribution in [0.5, 0.6) is 11.5 Å². The van der Waals surface area contributed by atoms with Crippen molar-refractivity contribution in [2.24, 2.45) is 0 Å². The number of carbonyl (C=O) groups excluding carboxylic acids is 1. The molecule has 0 amide bonds. The van der Waals surface area contributed by atoms with Crippen molar-refractivity contribution in [2.75, 3.05) is 6.61 Å². The number of nitrogens with zero attached hydrogens (tertiary/aromatic N) is 2. The van der Waals surface area contributed by atoms with E-state index in [1.165, 1.54) is 6.07 Å². The Labute approximate surface area is 105 Å². The molecule has 0 atom stereocenters. The van der Waals surface area contributed by atoms with E-state index in [-0.39, 0.29) is 39.4 Å². The predicted octanol–water partition coefficient (Wildman–Crippen LogP) is -1.21. The van der Waals surface area contributed by atoms with E-state index in [0.29, 0.717) is 5.52 Å². The van der Waals surface area contributed by atoms with Gasteiger partial charge in [-0.1, -0.05) is 5.21 Å². The van der Waals surface area contributed by atoms with Gasteiger partial charge in [0.25, 0.3) is 0 Å². The number of aliphatic carboxylic acids is 1. The number of phenols is 1. The summed E-state index contributed by atoms with van der Waals surface area (Å²) in [5.41, 5.74) is 0.763. The number of benzene rings is 1. The molecular weight excluding hydrogens is 310 g/mol. The number of fused-ring (bicyclic) bond motifs is 1. The number of hydrogen-bond donors (Lipinski definition) is 2. The van der Waals surface area contributed by atoms with Crippen LogP contribution in [0.25, 0.3) is 11.0 Å². The number of aromatic hydroxyl groups is 1. The van der Waals surface area contributed by atoms with E-state index in [9.17, 15) is 15.0 Å². The van der Waals surface area contributed by atoms with Crippen LogP contribution in [-0.4, -0.2) is 33.1 Å². The summed E-state index contributed by atoms with van der Waals surface area (Å²) in [6, 6.07) is 2.99. The van der Waals surface area contributed by atoms with Crippen LogP contribution >= 0.6 is 0 Å². The van der Waals surface area contributed by atoms with Gasteiger partial charge in [0, 0.05) is 0 Å². The number of rotatable bonds is 3. The molecule has 0 bridgehead atoms. The fourth-order valence-corrected chi connectivity index (χ4v) is 1.13. The number of H-pyrrole nitrogens is 1. The molecule has 2 rings (SSSR count). The largest absolute Gasteiger partial charge is 1.00 e. The Bertz CT molecular complexity index is 513. The van der Waals surface area contributed by atoms with Gasteiger partial charge in [-0.2, -0.15) is 0 Å². The number of phenolic OH excluding ortho intramolecular Hbond substituents is 1. The molecule has 0 saturated carbocycles. The minimum atomic E-state index is -1.37. The van der Waals surface area contributed by atoms with Crippen molar-refractivity contribution in [3.05, 3.63) is 12.1 Å². The van der Waals surface area contributed by atoms with Gasteiger partial charge in [-0.3, -0.25) is 5.10 Å². The molecule has 2 aromatic rings. The van der Waals surface area contributed by atoms with E-state index in [4.69, 9.17) is 4.74 Å². The fourth-order valence-electron chi connectivity index (χ4n) is 1.13. The number of hydrogen-bond acceptors (Lipinski definition) is 6. The Morgan fingerprint density at radius 3 is 3.00 bits per heavy atom. The van der Waals surface area contributed by atoms with Crippen LogP contribution in [0.3, 0.4) is 0 Å². The molecule has 0 aliphatic rings. The topological polar surface area (TPSA) is 111 Å². The van der Waals surface area contributed by atoms with Crippen LogP contribution in [0.1, 0.15) is 0 Å². The molecular formula is C8H6AgN3O4. The Morgan fingerprint density at radius 1 is 1.56 bits per heavy atom.